The number of hydrogen-bond acceptors (Lipinski definition) is 7. The lowest BCUT2D eigenvalue weighted by molar-refractivity contribution is -0.160. The van der Waals surface area contributed by atoms with Gasteiger partial charge in [0.15, 0.2) is 6.10 Å². The van der Waals surface area contributed by atoms with Crippen molar-refractivity contribution in [3.05, 3.63) is 52.7 Å². The molecule has 3 aromatic heterocycles. The van der Waals surface area contributed by atoms with Crippen molar-refractivity contribution in [2.24, 2.45) is 11.3 Å². The first kappa shape index (κ1) is 33.2. The fourth-order valence-electron chi connectivity index (χ4n) is 6.87. The zero-order valence-corrected chi connectivity index (χ0v) is 27.5. The lowest BCUT2D eigenvalue weighted by Gasteiger charge is -2.40. The number of fused-ring (bicyclic) bond motifs is 3. The van der Waals surface area contributed by atoms with Crippen LogP contribution in [0.1, 0.15) is 101 Å². The molecule has 0 spiro atoms. The van der Waals surface area contributed by atoms with Crippen LogP contribution in [0, 0.1) is 18.3 Å². The van der Waals surface area contributed by atoms with Crippen LogP contribution < -0.4 is 9.64 Å². The number of carboxylic acid groups (broad SMARTS) is 1. The predicted octanol–water partition coefficient (Wildman–Crippen LogP) is 7.44. The van der Waals surface area contributed by atoms with Gasteiger partial charge < -0.3 is 19.5 Å². The molecule has 0 unspecified atom stereocenters. The number of pyridine rings is 2. The van der Waals surface area contributed by atoms with Gasteiger partial charge in [0.05, 0.1) is 29.7 Å². The fourth-order valence-corrected chi connectivity index (χ4v) is 6.87. The van der Waals surface area contributed by atoms with Crippen LogP contribution in [0.25, 0.3) is 11.3 Å². The maximum absolute atomic E-state index is 14.9. The highest BCUT2D eigenvalue weighted by Gasteiger charge is 2.67. The summed E-state index contributed by atoms with van der Waals surface area (Å²) in [6, 6.07) is 3.40. The highest BCUT2D eigenvalue weighted by atomic mass is 19.3. The molecule has 4 heterocycles. The van der Waals surface area contributed by atoms with E-state index in [9.17, 15) is 27.5 Å². The summed E-state index contributed by atoms with van der Waals surface area (Å²) in [6.45, 7) is 12.9. The Kier molecular flexibility index (Phi) is 8.29. The Morgan fingerprint density at radius 1 is 1.13 bits per heavy atom. The second-order valence-electron chi connectivity index (χ2n) is 14.6. The van der Waals surface area contributed by atoms with E-state index < -0.39 is 53.2 Å². The van der Waals surface area contributed by atoms with Crippen LogP contribution in [0.5, 0.6) is 5.75 Å². The van der Waals surface area contributed by atoms with E-state index in [1.165, 1.54) is 6.20 Å². The minimum atomic E-state index is -3.19. The third-order valence-electron chi connectivity index (χ3n) is 9.43. The van der Waals surface area contributed by atoms with Gasteiger partial charge in [0.1, 0.15) is 23.7 Å². The van der Waals surface area contributed by atoms with Crippen molar-refractivity contribution in [1.82, 2.24) is 19.7 Å². The number of aliphatic carboxylic acids is 1. The predicted molar refractivity (Wildman–Crippen MR) is 166 cm³/mol. The largest absolute Gasteiger partial charge is 0.490 e. The zero-order chi connectivity index (χ0) is 34.1. The second-order valence-corrected chi connectivity index (χ2v) is 14.6. The average Bonchev–Trinajstić information content (AvgIpc) is 3.64. The second kappa shape index (κ2) is 11.7. The van der Waals surface area contributed by atoms with E-state index in [2.05, 4.69) is 33.8 Å². The van der Waals surface area contributed by atoms with E-state index in [0.29, 0.717) is 47.0 Å². The van der Waals surface area contributed by atoms with Crippen molar-refractivity contribution in [3.63, 3.8) is 0 Å². The fraction of sp³-hybridized carbons (Fsp3) is 0.588. The first-order valence-corrected chi connectivity index (χ1v) is 16.0. The quantitative estimate of drug-likeness (QED) is 0.224. The molecule has 254 valence electrons. The van der Waals surface area contributed by atoms with E-state index in [1.807, 2.05) is 20.8 Å². The van der Waals surface area contributed by atoms with Crippen LogP contribution in [0.4, 0.5) is 23.2 Å². The van der Waals surface area contributed by atoms with Crippen molar-refractivity contribution in [2.75, 3.05) is 24.6 Å². The molecular weight excluding hydrogens is 618 g/mol. The van der Waals surface area contributed by atoms with E-state index >= 15 is 0 Å². The monoisotopic (exact) mass is 659 g/mol. The van der Waals surface area contributed by atoms with Gasteiger partial charge in [-0.3, -0.25) is 14.6 Å². The number of aromatic nitrogens is 4. The number of nitrogens with zero attached hydrogens (tertiary/aromatic N) is 5. The van der Waals surface area contributed by atoms with Gasteiger partial charge in [0.25, 0.3) is 12.3 Å². The molecule has 3 aromatic rings. The summed E-state index contributed by atoms with van der Waals surface area (Å²) in [5, 5.41) is 14.2. The summed E-state index contributed by atoms with van der Waals surface area (Å²) in [5.74, 6) is -5.44. The van der Waals surface area contributed by atoms with Crippen molar-refractivity contribution in [1.29, 1.82) is 0 Å². The third kappa shape index (κ3) is 6.30. The minimum absolute atomic E-state index is 0.00166. The maximum Gasteiger partial charge on any atom is 0.337 e. The smallest absolute Gasteiger partial charge is 0.337 e. The van der Waals surface area contributed by atoms with E-state index in [1.54, 1.807) is 25.3 Å². The molecule has 47 heavy (non-hydrogen) atoms. The molecule has 2 fully saturated rings. The van der Waals surface area contributed by atoms with Crippen LogP contribution in [0.2, 0.25) is 0 Å². The van der Waals surface area contributed by atoms with Crippen LogP contribution in [-0.4, -0.2) is 56.1 Å². The zero-order valence-electron chi connectivity index (χ0n) is 27.5. The molecule has 0 radical (unpaired) electrons. The van der Waals surface area contributed by atoms with Crippen LogP contribution >= 0.6 is 0 Å². The lowest BCUT2D eigenvalue weighted by atomic mass is 9.82. The Balaban J connectivity index is 1.27. The molecular formula is C34H41F4N5O4. The molecule has 13 heteroatoms. The lowest BCUT2D eigenvalue weighted by Crippen LogP contribution is -2.39. The van der Waals surface area contributed by atoms with E-state index in [-0.39, 0.29) is 30.6 Å². The van der Waals surface area contributed by atoms with Gasteiger partial charge in [-0.15, -0.1) is 0 Å². The summed E-state index contributed by atoms with van der Waals surface area (Å²) < 4.78 is 69.9. The molecule has 1 saturated heterocycles. The number of halogens is 4. The van der Waals surface area contributed by atoms with Crippen LogP contribution in [-0.2, 0) is 22.0 Å². The molecule has 1 N–H and O–H groups in total. The molecule has 6 rings (SSSR count). The number of carboxylic acids is 1. The Morgan fingerprint density at radius 2 is 1.83 bits per heavy atom. The summed E-state index contributed by atoms with van der Waals surface area (Å²) in [4.78, 5) is 24.0. The number of alkyl halides is 4. The third-order valence-corrected chi connectivity index (χ3v) is 9.43. The minimum Gasteiger partial charge on any atom is -0.490 e. The molecule has 1 saturated carbocycles. The molecule has 0 amide bonds. The first-order valence-electron chi connectivity index (χ1n) is 16.0. The molecule has 9 nitrogen and oxygen atoms in total. The summed E-state index contributed by atoms with van der Waals surface area (Å²) in [5.41, 5.74) is 1.36. The van der Waals surface area contributed by atoms with Crippen molar-refractivity contribution >= 4 is 11.7 Å². The number of rotatable bonds is 10. The summed E-state index contributed by atoms with van der Waals surface area (Å²) >= 11 is 0. The van der Waals surface area contributed by atoms with Gasteiger partial charge in [-0.1, -0.05) is 13.8 Å². The maximum atomic E-state index is 14.9. The van der Waals surface area contributed by atoms with Gasteiger partial charge in [-0.25, -0.2) is 13.6 Å². The van der Waals surface area contributed by atoms with Gasteiger partial charge >= 0.3 is 5.97 Å². The Hall–Kier alpha value is -3.74. The number of hydrogen-bond donors (Lipinski definition) is 1. The number of aryl methyl sites for hydroxylation is 1. The standard InChI is InChI=1S/C34H41F4N5O4/c1-18-24(28(31(44)45)47-32(2,3)4)27(42-11-9-33(5,6)10-12-42)21(17-39-18)23-8-7-19(16-40-23)46-14-13-43-29-25(26(41-43)30(35)36)20-15-22(20)34(29,37)38/h7-8,16-17,20,22,28,30H,9-15H2,1-6H3,(H,44,45)/t20-,22+,28-/m0/s1. The van der Waals surface area contributed by atoms with Gasteiger partial charge in [0, 0.05) is 47.6 Å². The number of piperidine rings is 1. The molecule has 1 aliphatic heterocycles. The van der Waals surface area contributed by atoms with Gasteiger partial charge in [-0.2, -0.15) is 13.9 Å². The summed E-state index contributed by atoms with van der Waals surface area (Å²) in [6.07, 6.45) is 1.02. The number of carbonyl (C=O) groups is 1. The highest BCUT2D eigenvalue weighted by molar-refractivity contribution is 5.85. The number of ether oxygens (including phenoxy) is 2. The van der Waals surface area contributed by atoms with Crippen molar-refractivity contribution in [3.8, 4) is 17.0 Å². The Morgan fingerprint density at radius 3 is 2.43 bits per heavy atom. The van der Waals surface area contributed by atoms with Crippen molar-refractivity contribution in [2.45, 2.75) is 97.3 Å². The first-order chi connectivity index (χ1) is 22.0. The molecule has 2 aliphatic carbocycles. The topological polar surface area (TPSA) is 103 Å². The van der Waals surface area contributed by atoms with E-state index in [4.69, 9.17) is 9.47 Å². The van der Waals surface area contributed by atoms with Crippen molar-refractivity contribution < 1.29 is 36.9 Å². The SMILES string of the molecule is Cc1ncc(-c2ccc(OCCn3nc(C(F)F)c4c3C(F)(F)[C@@H]3C[C@H]43)cn2)c(N2CCC(C)(C)CC2)c1[C@H](OC(C)(C)C)C(=O)O. The van der Waals surface area contributed by atoms with Gasteiger partial charge in [-0.05, 0) is 70.4 Å². The normalized spacial score (nSPS) is 21.8. The Labute approximate surface area is 271 Å². The molecule has 0 aromatic carbocycles. The highest BCUT2D eigenvalue weighted by Crippen LogP contribution is 2.68. The van der Waals surface area contributed by atoms with Crippen LogP contribution in [0.3, 0.4) is 0 Å². The molecule has 0 bridgehead atoms. The Bertz CT molecular complexity index is 1660. The molecule has 3 aliphatic rings. The summed E-state index contributed by atoms with van der Waals surface area (Å²) in [7, 11) is 0. The van der Waals surface area contributed by atoms with E-state index in [0.717, 1.165) is 17.5 Å². The van der Waals surface area contributed by atoms with Gasteiger partial charge in [0.2, 0.25) is 0 Å². The van der Waals surface area contributed by atoms with Crippen LogP contribution in [0.15, 0.2) is 24.5 Å². The number of anilines is 1. The average molecular weight is 660 g/mol. The molecule has 3 atom stereocenters.